The minimum atomic E-state index is 0.750. The fraction of sp³-hybridized carbons (Fsp3) is 0.294. The Balaban J connectivity index is 1.84. The summed E-state index contributed by atoms with van der Waals surface area (Å²) in [6.45, 7) is 4.05. The second-order valence-corrected chi connectivity index (χ2v) is 6.18. The van der Waals surface area contributed by atoms with Crippen molar-refractivity contribution >= 4 is 23.0 Å². The molecule has 0 radical (unpaired) electrons. The van der Waals surface area contributed by atoms with E-state index >= 15 is 0 Å². The molecule has 120 valence electrons. The molecule has 0 spiro atoms. The normalized spacial score (nSPS) is 11.0. The smallest absolute Gasteiger partial charge is 0.128 e. The number of imidazole rings is 1. The van der Waals surface area contributed by atoms with E-state index in [1.54, 1.807) is 26.2 Å². The van der Waals surface area contributed by atoms with Gasteiger partial charge < -0.3 is 9.47 Å². The molecule has 0 aliphatic carbocycles. The maximum Gasteiger partial charge on any atom is 0.128 e. The second kappa shape index (κ2) is 6.50. The molecule has 6 heteroatoms. The van der Waals surface area contributed by atoms with Gasteiger partial charge in [0.1, 0.15) is 17.8 Å². The lowest BCUT2D eigenvalue weighted by Gasteiger charge is -2.12. The van der Waals surface area contributed by atoms with Gasteiger partial charge in [0, 0.05) is 23.4 Å². The van der Waals surface area contributed by atoms with E-state index in [-0.39, 0.29) is 0 Å². The van der Waals surface area contributed by atoms with Crippen LogP contribution in [0.4, 0.5) is 0 Å². The van der Waals surface area contributed by atoms with Crippen molar-refractivity contribution in [1.82, 2.24) is 13.9 Å². The van der Waals surface area contributed by atoms with Crippen molar-refractivity contribution in [2.75, 3.05) is 14.2 Å². The number of fused-ring (bicyclic) bond motifs is 1. The van der Waals surface area contributed by atoms with Crippen molar-refractivity contribution in [3.05, 3.63) is 47.5 Å². The van der Waals surface area contributed by atoms with Crippen molar-refractivity contribution < 1.29 is 9.47 Å². The summed E-state index contributed by atoms with van der Waals surface area (Å²) in [5.74, 6) is 2.48. The summed E-state index contributed by atoms with van der Waals surface area (Å²) in [7, 11) is 3.36. The van der Waals surface area contributed by atoms with Gasteiger partial charge in [0.2, 0.25) is 0 Å². The number of rotatable bonds is 5. The van der Waals surface area contributed by atoms with Gasteiger partial charge in [-0.2, -0.15) is 0 Å². The van der Waals surface area contributed by atoms with Crippen LogP contribution < -0.4 is 9.47 Å². The molecular weight excluding hydrogens is 310 g/mol. The molecule has 0 atom stereocenters. The van der Waals surface area contributed by atoms with Gasteiger partial charge in [0.15, 0.2) is 0 Å². The van der Waals surface area contributed by atoms with Crippen LogP contribution >= 0.6 is 11.9 Å². The van der Waals surface area contributed by atoms with E-state index in [9.17, 15) is 0 Å². The number of methoxy groups -OCH3 is 2. The summed E-state index contributed by atoms with van der Waals surface area (Å²) >= 11 is 1.66. The number of ether oxygens (including phenoxy) is 2. The summed E-state index contributed by atoms with van der Waals surface area (Å²) < 4.78 is 12.8. The first-order chi connectivity index (χ1) is 11.1. The molecule has 0 bridgehead atoms. The van der Waals surface area contributed by atoms with Gasteiger partial charge in [-0.3, -0.25) is 8.96 Å². The highest BCUT2D eigenvalue weighted by Crippen LogP contribution is 2.28. The first-order valence-corrected chi connectivity index (χ1v) is 8.21. The molecular formula is C17H19N3O2S. The standard InChI is InChI=1S/C17H19N3O2S/c1-11-8-18-15(12(2)17(11)22-4)9-23-20-10-19-14-7-13(21-3)5-6-16(14)20/h5-8,10H,9H2,1-4H3. The van der Waals surface area contributed by atoms with Crippen LogP contribution in [0, 0.1) is 13.8 Å². The molecule has 0 aliphatic rings. The molecule has 0 saturated heterocycles. The average Bonchev–Trinajstić information content (AvgIpc) is 2.97. The SMILES string of the molecule is COc1ccc2c(c1)ncn2SCc1ncc(C)c(OC)c1C. The number of nitrogens with zero attached hydrogens (tertiary/aromatic N) is 3. The molecule has 23 heavy (non-hydrogen) atoms. The molecule has 0 amide bonds. The molecule has 0 aliphatic heterocycles. The third kappa shape index (κ3) is 2.99. The quantitative estimate of drug-likeness (QED) is 0.713. The van der Waals surface area contributed by atoms with Crippen molar-refractivity contribution in [2.24, 2.45) is 0 Å². The van der Waals surface area contributed by atoms with E-state index in [1.165, 1.54) is 0 Å². The van der Waals surface area contributed by atoms with Gasteiger partial charge in [-0.15, -0.1) is 0 Å². The summed E-state index contributed by atoms with van der Waals surface area (Å²) in [4.78, 5) is 8.97. The predicted octanol–water partition coefficient (Wildman–Crippen LogP) is 3.76. The number of aryl methyl sites for hydroxylation is 1. The Morgan fingerprint density at radius 3 is 2.70 bits per heavy atom. The molecule has 2 heterocycles. The lowest BCUT2D eigenvalue weighted by atomic mass is 10.1. The Morgan fingerprint density at radius 1 is 1.13 bits per heavy atom. The van der Waals surface area contributed by atoms with Gasteiger partial charge in [-0.25, -0.2) is 4.98 Å². The maximum atomic E-state index is 5.47. The lowest BCUT2D eigenvalue weighted by molar-refractivity contribution is 0.407. The number of hydrogen-bond donors (Lipinski definition) is 0. The van der Waals surface area contributed by atoms with E-state index in [4.69, 9.17) is 9.47 Å². The van der Waals surface area contributed by atoms with E-state index in [0.29, 0.717) is 0 Å². The maximum absolute atomic E-state index is 5.47. The number of aromatic nitrogens is 3. The Kier molecular flexibility index (Phi) is 4.43. The van der Waals surface area contributed by atoms with E-state index < -0.39 is 0 Å². The molecule has 5 nitrogen and oxygen atoms in total. The van der Waals surface area contributed by atoms with Crippen molar-refractivity contribution in [2.45, 2.75) is 19.6 Å². The summed E-state index contributed by atoms with van der Waals surface area (Å²) in [6.07, 6.45) is 3.69. The van der Waals surface area contributed by atoms with Gasteiger partial charge in [0.25, 0.3) is 0 Å². The first kappa shape index (κ1) is 15.7. The van der Waals surface area contributed by atoms with Crippen LogP contribution in [-0.4, -0.2) is 28.2 Å². The van der Waals surface area contributed by atoms with Crippen LogP contribution in [0.3, 0.4) is 0 Å². The van der Waals surface area contributed by atoms with Crippen LogP contribution in [0.15, 0.2) is 30.7 Å². The van der Waals surface area contributed by atoms with E-state index in [2.05, 4.69) is 13.9 Å². The second-order valence-electron chi connectivity index (χ2n) is 5.24. The molecule has 0 N–H and O–H groups in total. The average molecular weight is 329 g/mol. The fourth-order valence-electron chi connectivity index (χ4n) is 2.55. The van der Waals surface area contributed by atoms with E-state index in [0.717, 1.165) is 45.1 Å². The highest BCUT2D eigenvalue weighted by Gasteiger charge is 2.11. The summed E-state index contributed by atoms with van der Waals surface area (Å²) in [5, 5.41) is 0. The highest BCUT2D eigenvalue weighted by molar-refractivity contribution is 7.97. The van der Waals surface area contributed by atoms with Crippen LogP contribution in [0.1, 0.15) is 16.8 Å². The van der Waals surface area contributed by atoms with Gasteiger partial charge >= 0.3 is 0 Å². The molecule has 0 saturated carbocycles. The van der Waals surface area contributed by atoms with Gasteiger partial charge in [-0.1, -0.05) is 0 Å². The zero-order valence-electron chi connectivity index (χ0n) is 13.7. The zero-order valence-corrected chi connectivity index (χ0v) is 14.5. The molecule has 0 unspecified atom stereocenters. The lowest BCUT2D eigenvalue weighted by Crippen LogP contribution is -1.99. The summed E-state index contributed by atoms with van der Waals surface area (Å²) in [6, 6.07) is 5.90. The Morgan fingerprint density at radius 2 is 1.96 bits per heavy atom. The fourth-order valence-corrected chi connectivity index (χ4v) is 3.51. The van der Waals surface area contributed by atoms with Crippen LogP contribution in [0.2, 0.25) is 0 Å². The largest absolute Gasteiger partial charge is 0.497 e. The van der Waals surface area contributed by atoms with Crippen molar-refractivity contribution in [3.63, 3.8) is 0 Å². The number of hydrogen-bond acceptors (Lipinski definition) is 5. The first-order valence-electron chi connectivity index (χ1n) is 7.27. The van der Waals surface area contributed by atoms with Crippen molar-refractivity contribution in [1.29, 1.82) is 0 Å². The van der Waals surface area contributed by atoms with Crippen LogP contribution in [-0.2, 0) is 5.75 Å². The Bertz CT molecular complexity index is 845. The molecule has 2 aromatic heterocycles. The molecule has 3 aromatic rings. The topological polar surface area (TPSA) is 49.2 Å². The highest BCUT2D eigenvalue weighted by atomic mass is 32.2. The van der Waals surface area contributed by atoms with Crippen LogP contribution in [0.25, 0.3) is 11.0 Å². The van der Waals surface area contributed by atoms with Crippen LogP contribution in [0.5, 0.6) is 11.5 Å². The number of benzene rings is 1. The monoisotopic (exact) mass is 329 g/mol. The minimum Gasteiger partial charge on any atom is -0.497 e. The summed E-state index contributed by atoms with van der Waals surface area (Å²) in [5.41, 5.74) is 5.15. The Labute approximate surface area is 139 Å². The van der Waals surface area contributed by atoms with Gasteiger partial charge in [0.05, 0.1) is 36.7 Å². The Hall–Kier alpha value is -2.21. The number of pyridine rings is 1. The van der Waals surface area contributed by atoms with E-state index in [1.807, 2.05) is 44.6 Å². The third-order valence-corrected chi connectivity index (χ3v) is 4.78. The zero-order chi connectivity index (χ0) is 16.4. The van der Waals surface area contributed by atoms with Gasteiger partial charge in [-0.05, 0) is 37.9 Å². The molecule has 0 fully saturated rings. The minimum absolute atomic E-state index is 0.750. The molecule has 1 aromatic carbocycles. The molecule has 3 rings (SSSR count). The van der Waals surface area contributed by atoms with Crippen molar-refractivity contribution in [3.8, 4) is 11.5 Å². The predicted molar refractivity (Wildman–Crippen MR) is 93.2 cm³/mol. The third-order valence-electron chi connectivity index (χ3n) is 3.81.